The van der Waals surface area contributed by atoms with Crippen LogP contribution >= 0.6 is 0 Å². The fourth-order valence-electron chi connectivity index (χ4n) is 25.7. The zero-order valence-corrected chi connectivity index (χ0v) is 95.6. The Morgan fingerprint density at radius 1 is 0.0866 bits per heavy atom. The van der Waals surface area contributed by atoms with Crippen molar-refractivity contribution in [1.82, 2.24) is 0 Å². The number of rotatable bonds is 0. The summed E-state index contributed by atoms with van der Waals surface area (Å²) < 4.78 is 0. The molecule has 20 bridgehead atoms. The van der Waals surface area contributed by atoms with Crippen LogP contribution in [0.1, 0.15) is 635 Å². The average Bonchev–Trinajstić information content (AvgIpc) is 1.64. The van der Waals surface area contributed by atoms with E-state index in [2.05, 4.69) is 249 Å². The highest BCUT2D eigenvalue weighted by Crippen LogP contribution is 2.58. The third kappa shape index (κ3) is 74.7. The van der Waals surface area contributed by atoms with Gasteiger partial charge in [-0.05, 0) is 269 Å². The van der Waals surface area contributed by atoms with Crippen LogP contribution in [0.15, 0.2) is 0 Å². The molecule has 0 heterocycles. The van der Waals surface area contributed by atoms with Gasteiger partial charge < -0.3 is 0 Å². The van der Waals surface area contributed by atoms with Crippen LogP contribution in [0.3, 0.4) is 0 Å². The van der Waals surface area contributed by atoms with Crippen LogP contribution in [0, 0.1) is 179 Å². The van der Waals surface area contributed by atoms with Crippen molar-refractivity contribution in [2.45, 2.75) is 635 Å². The van der Waals surface area contributed by atoms with E-state index in [0.717, 1.165) is 59.2 Å². The summed E-state index contributed by atoms with van der Waals surface area (Å²) in [6, 6.07) is 0. The van der Waals surface area contributed by atoms with Crippen LogP contribution in [0.5, 0.6) is 0 Å². The molecule has 0 aliphatic heterocycles. The van der Waals surface area contributed by atoms with Gasteiger partial charge in [0.15, 0.2) is 0 Å². The van der Waals surface area contributed by atoms with E-state index < -0.39 is 0 Å². The molecule has 24 fully saturated rings. The van der Waals surface area contributed by atoms with E-state index in [1.165, 1.54) is 148 Å². The Kier molecular flexibility index (Phi) is 58.0. The molecule has 0 heteroatoms. The summed E-state index contributed by atoms with van der Waals surface area (Å²) in [6.07, 6.45) is 93.7. The lowest BCUT2D eigenvalue weighted by atomic mass is 9.56. The Labute approximate surface area is 808 Å². The van der Waals surface area contributed by atoms with Gasteiger partial charge in [0, 0.05) is 0 Å². The number of hydrogen-bond acceptors (Lipinski definition) is 0. The molecule has 0 aromatic rings. The molecule has 0 amide bonds. The van der Waals surface area contributed by atoms with Crippen molar-refractivity contribution >= 4 is 0 Å². The molecule has 0 aromatic carbocycles. The largest absolute Gasteiger partial charge is 0.0604 e. The van der Waals surface area contributed by atoms with Crippen LogP contribution in [-0.4, -0.2) is 0 Å². The first-order valence-corrected chi connectivity index (χ1v) is 58.5. The smallest absolute Gasteiger partial charge is 0.0380 e. The zero-order valence-electron chi connectivity index (χ0n) is 95.6. The van der Waals surface area contributed by atoms with Crippen LogP contribution in [-0.2, 0) is 0 Å². The quantitative estimate of drug-likeness (QED) is 0.227. The summed E-state index contributed by atoms with van der Waals surface area (Å²) in [5.41, 5.74) is 4.50. The van der Waals surface area contributed by atoms with E-state index in [-0.39, 0.29) is 0 Å². The molecule has 0 radical (unpaired) electrons. The predicted octanol–water partition coefficient (Wildman–Crippen LogP) is 44.6. The van der Waals surface area contributed by atoms with Crippen molar-refractivity contribution in [1.29, 1.82) is 0 Å². The third-order valence-corrected chi connectivity index (χ3v) is 30.0. The lowest BCUT2D eigenvalue weighted by Crippen LogP contribution is -2.38. The van der Waals surface area contributed by atoms with Gasteiger partial charge in [-0.25, -0.2) is 0 Å². The summed E-state index contributed by atoms with van der Waals surface area (Å²) >= 11 is 0. The first-order valence-electron chi connectivity index (χ1n) is 58.5. The Balaban J connectivity index is 0.000000350. The SMILES string of the molecule is C1C2CC3CC1CC(C2)C3.C1C2CC3CC1CC3C2.C1CC2CCC1C2.C1CC2CCC1CC2.C1CC2CCCC(C1)C2.C1CC2CCCC(C1)CC2.C1CC2CCCC2C1.C1CCC2CCC(C1)C2.C1CCC2CCCC(C1)CCC2.CC(C)(C)C.CC(C)(C)C.CC(C)(C)C.CC(C)(C)C.CC(C)(C)C.CC(C)(C)C.CC(C)(C)C.CC(C)(C)C.CC(C)(C)C. The van der Waals surface area contributed by atoms with Crippen LogP contribution < -0.4 is 0 Å². The molecular weight excluding hydrogens is 1530 g/mol. The Bertz CT molecular complexity index is 2130. The maximum atomic E-state index is 2.19. The van der Waals surface area contributed by atoms with Gasteiger partial charge in [-0.3, -0.25) is 0 Å². The van der Waals surface area contributed by atoms with Gasteiger partial charge in [0.05, 0.1) is 0 Å². The van der Waals surface area contributed by atoms with E-state index in [9.17, 15) is 0 Å². The Morgan fingerprint density at radius 2 is 0.181 bits per heavy atom. The van der Waals surface area contributed by atoms with Gasteiger partial charge in [-0.15, -0.1) is 0 Å². The summed E-state index contributed by atoms with van der Waals surface area (Å²) in [7, 11) is 0. The normalized spacial score (nSPS) is 34.3. The van der Waals surface area contributed by atoms with Crippen molar-refractivity contribution in [3.05, 3.63) is 0 Å². The second kappa shape index (κ2) is 60.8. The van der Waals surface area contributed by atoms with Crippen molar-refractivity contribution in [3.63, 3.8) is 0 Å². The molecule has 127 heavy (non-hydrogen) atoms. The molecule has 24 rings (SSSR count). The Hall–Kier alpha value is 0. The Morgan fingerprint density at radius 3 is 0.346 bits per heavy atom. The van der Waals surface area contributed by atoms with Crippen molar-refractivity contribution in [2.24, 2.45) is 179 Å². The minimum Gasteiger partial charge on any atom is -0.0604 e. The number of hydrogen-bond donors (Lipinski definition) is 0. The highest BCUT2D eigenvalue weighted by atomic mass is 14.5. The summed E-state index contributed by atoms with van der Waals surface area (Å²) in [6.45, 7) is 78.8. The van der Waals surface area contributed by atoms with Gasteiger partial charge in [0.25, 0.3) is 0 Å². The van der Waals surface area contributed by atoms with Crippen LogP contribution in [0.2, 0.25) is 0 Å². The lowest BCUT2D eigenvalue weighted by Gasteiger charge is -2.49. The van der Waals surface area contributed by atoms with E-state index in [1.807, 2.05) is 0 Å². The predicted molar refractivity (Wildman–Crippen MR) is 580 cm³/mol. The zero-order chi connectivity index (χ0) is 95.6. The van der Waals surface area contributed by atoms with E-state index in [4.69, 9.17) is 0 Å². The molecule has 2 atom stereocenters. The molecule has 24 aliphatic rings. The van der Waals surface area contributed by atoms with E-state index in [0.29, 0.717) is 48.7 Å². The van der Waals surface area contributed by atoms with Crippen molar-refractivity contribution < 1.29 is 0 Å². The first kappa shape index (κ1) is 121. The molecule has 24 aliphatic carbocycles. The molecule has 0 aromatic heterocycles. The van der Waals surface area contributed by atoms with Crippen molar-refractivity contribution in [2.75, 3.05) is 0 Å². The van der Waals surface area contributed by atoms with E-state index in [1.54, 1.807) is 308 Å². The highest BCUT2D eigenvalue weighted by Gasteiger charge is 2.47. The number of fused-ring (bicyclic) bond motifs is 20. The molecule has 0 nitrogen and oxygen atoms in total. The standard InChI is InChI=1S/C12H22.C10H16.C10H18.C9H14.2C9H16.2C8H14.C7H12.9C5H12/c1-2-6-12-9-3-7-11(5-1)8-4-10-12;1-7-2-9-4-8(1)5-10(3-7)6-9;1-3-9-5-2-6-10(4-1)8-7-9;1-6-2-8-4-7(1)5-9(8)3-6;1-3-8-5-2-6-9(4-1)7-8;1-2-4-9-6-5-8(3-1)7-9;1-3-7-5-2-6-8(7)4-1;1-2-8-5-3-7(1)4-6-8;1-2-7-4-3-6(1)5-7;9*1-5(2,3)4/h11-12H,1-10H2;7-10H,1-6H2;9-10H,1-8H2;6-9H,1-5H2;2*8-9H,1-7H2;2*7-8H,1-6H2;6-7H,1-5H2;9*1-4H3. The van der Waals surface area contributed by atoms with Gasteiger partial charge in [-0.1, -0.05) is 545 Å². The first-order chi connectivity index (χ1) is 58.5. The topological polar surface area (TPSA) is 0 Å². The van der Waals surface area contributed by atoms with Crippen molar-refractivity contribution in [3.8, 4) is 0 Å². The van der Waals surface area contributed by atoms with Gasteiger partial charge in [0.2, 0.25) is 0 Å². The summed E-state index contributed by atoms with van der Waals surface area (Å²) in [5.74, 6) is 25.6. The second-order valence-electron chi connectivity index (χ2n) is 63.0. The molecule has 24 saturated carbocycles. The van der Waals surface area contributed by atoms with Gasteiger partial charge in [-0.2, -0.15) is 0 Å². The average molecular weight is 1780 g/mol. The van der Waals surface area contributed by atoms with Gasteiger partial charge in [0.1, 0.15) is 0 Å². The molecular formula is C127H250. The molecule has 2 unspecified atom stereocenters. The fourth-order valence-corrected chi connectivity index (χ4v) is 25.7. The lowest BCUT2D eigenvalue weighted by molar-refractivity contribution is 0.0198. The minimum absolute atomic E-state index is 0.500. The van der Waals surface area contributed by atoms with Gasteiger partial charge >= 0.3 is 0 Å². The second-order valence-corrected chi connectivity index (χ2v) is 63.0. The molecule has 758 valence electrons. The maximum absolute atomic E-state index is 2.19. The third-order valence-electron chi connectivity index (χ3n) is 30.0. The molecule has 0 spiro atoms. The summed E-state index contributed by atoms with van der Waals surface area (Å²) in [4.78, 5) is 0. The molecule has 0 saturated heterocycles. The van der Waals surface area contributed by atoms with Crippen LogP contribution in [0.25, 0.3) is 0 Å². The van der Waals surface area contributed by atoms with E-state index >= 15 is 0 Å². The molecule has 0 N–H and O–H groups in total. The monoisotopic (exact) mass is 1780 g/mol. The maximum Gasteiger partial charge on any atom is -0.0380 e. The fraction of sp³-hybridized carbons (Fsp3) is 1.00. The highest BCUT2D eigenvalue weighted by molar-refractivity contribution is 4.98. The van der Waals surface area contributed by atoms with Crippen LogP contribution in [0.4, 0.5) is 0 Å². The summed E-state index contributed by atoms with van der Waals surface area (Å²) in [5, 5.41) is 0. The minimum atomic E-state index is 0.500.